The third-order valence-electron chi connectivity index (χ3n) is 6.57. The highest BCUT2D eigenvalue weighted by atomic mass is 32.2. The number of ether oxygens (including phenoxy) is 1. The van der Waals surface area contributed by atoms with Crippen molar-refractivity contribution in [3.05, 3.63) is 90.0 Å². The van der Waals surface area contributed by atoms with Crippen molar-refractivity contribution < 1.29 is 23.1 Å². The predicted molar refractivity (Wildman–Crippen MR) is 152 cm³/mol. The first-order valence-corrected chi connectivity index (χ1v) is 15.2. The molecule has 0 saturated carbocycles. The van der Waals surface area contributed by atoms with Crippen molar-refractivity contribution in [3.8, 4) is 5.75 Å². The summed E-state index contributed by atoms with van der Waals surface area (Å²) in [5.41, 5.74) is 3.04. The molecule has 1 unspecified atom stereocenters. The maximum atomic E-state index is 13.2. The predicted octanol–water partition coefficient (Wildman–Crippen LogP) is 4.94. The van der Waals surface area contributed by atoms with Crippen molar-refractivity contribution >= 4 is 16.0 Å². The number of sulfonamides is 1. The van der Waals surface area contributed by atoms with Crippen LogP contribution in [0.3, 0.4) is 0 Å². The Bertz CT molecular complexity index is 1220. The van der Waals surface area contributed by atoms with Gasteiger partial charge >= 0.3 is 5.97 Å². The first-order valence-electron chi connectivity index (χ1n) is 13.6. The highest BCUT2D eigenvalue weighted by Gasteiger charge is 2.34. The maximum absolute atomic E-state index is 13.2. The molecule has 1 aromatic carbocycles. The second-order valence-electron chi connectivity index (χ2n) is 9.60. The van der Waals surface area contributed by atoms with E-state index in [1.54, 1.807) is 24.8 Å². The summed E-state index contributed by atoms with van der Waals surface area (Å²) in [5, 5.41) is 10.1. The standard InChI is InChI=1S/C30H39N3O5S/c1-2-3-23-39(36,37)33(21-6-8-26-15-19-32-20-16-26)29(30(34)35)24-27-9-11-28(12-10-27)38-22-5-4-7-25-13-17-31-18-14-25/h9-20,29H,2-8,21-24H2,1H3,(H,34,35). The number of unbranched alkanes of at least 4 members (excludes halogenated alkanes) is 2. The Morgan fingerprint density at radius 1 is 0.846 bits per heavy atom. The summed E-state index contributed by atoms with van der Waals surface area (Å²) in [4.78, 5) is 20.4. The van der Waals surface area contributed by atoms with Gasteiger partial charge in [-0.1, -0.05) is 25.5 Å². The average molecular weight is 554 g/mol. The van der Waals surface area contributed by atoms with Crippen LogP contribution in [0.4, 0.5) is 0 Å². The van der Waals surface area contributed by atoms with Crippen LogP contribution in [0.1, 0.15) is 55.7 Å². The smallest absolute Gasteiger partial charge is 0.322 e. The first kappa shape index (κ1) is 30.2. The molecule has 2 aromatic heterocycles. The van der Waals surface area contributed by atoms with Crippen molar-refractivity contribution in [1.82, 2.24) is 14.3 Å². The third-order valence-corrected chi connectivity index (χ3v) is 8.53. The van der Waals surface area contributed by atoms with E-state index in [1.807, 2.05) is 55.5 Å². The van der Waals surface area contributed by atoms with Gasteiger partial charge in [0.25, 0.3) is 0 Å². The lowest BCUT2D eigenvalue weighted by Crippen LogP contribution is -2.47. The fraction of sp³-hybridized carbons (Fsp3) is 0.433. The maximum Gasteiger partial charge on any atom is 0.322 e. The van der Waals surface area contributed by atoms with Crippen molar-refractivity contribution in [2.24, 2.45) is 0 Å². The molecule has 0 aliphatic heterocycles. The molecule has 210 valence electrons. The van der Waals surface area contributed by atoms with Gasteiger partial charge in [0.15, 0.2) is 0 Å². The normalized spacial score (nSPS) is 12.4. The summed E-state index contributed by atoms with van der Waals surface area (Å²) in [6.45, 7) is 2.65. The zero-order valence-electron chi connectivity index (χ0n) is 22.6. The summed E-state index contributed by atoms with van der Waals surface area (Å²) < 4.78 is 33.5. The zero-order valence-corrected chi connectivity index (χ0v) is 23.4. The first-order chi connectivity index (χ1) is 18.9. The summed E-state index contributed by atoms with van der Waals surface area (Å²) in [7, 11) is -3.74. The Morgan fingerprint density at radius 3 is 2.00 bits per heavy atom. The van der Waals surface area contributed by atoms with Gasteiger partial charge in [-0.25, -0.2) is 8.42 Å². The highest BCUT2D eigenvalue weighted by Crippen LogP contribution is 2.20. The molecular weight excluding hydrogens is 514 g/mol. The molecule has 2 heterocycles. The van der Waals surface area contributed by atoms with Crippen LogP contribution in [0.25, 0.3) is 0 Å². The minimum absolute atomic E-state index is 0.0591. The molecule has 0 spiro atoms. The van der Waals surface area contributed by atoms with Gasteiger partial charge < -0.3 is 9.84 Å². The second-order valence-corrected chi connectivity index (χ2v) is 11.6. The van der Waals surface area contributed by atoms with E-state index < -0.39 is 22.0 Å². The largest absolute Gasteiger partial charge is 0.494 e. The fourth-order valence-corrected chi connectivity index (χ4v) is 6.20. The number of carbonyl (C=O) groups is 1. The Hall–Kier alpha value is -3.30. The van der Waals surface area contributed by atoms with Crippen LogP contribution in [-0.4, -0.2) is 58.7 Å². The Kier molecular flexibility index (Phi) is 12.4. The van der Waals surface area contributed by atoms with E-state index >= 15 is 0 Å². The summed E-state index contributed by atoms with van der Waals surface area (Å²) in [5.74, 6) is -0.496. The van der Waals surface area contributed by atoms with Crippen molar-refractivity contribution in [1.29, 1.82) is 0 Å². The molecule has 0 aliphatic carbocycles. The number of benzene rings is 1. The molecule has 0 bridgehead atoms. The van der Waals surface area contributed by atoms with Gasteiger partial charge in [-0.3, -0.25) is 14.8 Å². The summed E-state index contributed by atoms with van der Waals surface area (Å²) >= 11 is 0. The quantitative estimate of drug-likeness (QED) is 0.222. The number of aryl methyl sites for hydroxylation is 2. The number of rotatable bonds is 18. The van der Waals surface area contributed by atoms with Crippen LogP contribution < -0.4 is 4.74 Å². The van der Waals surface area contributed by atoms with Gasteiger partial charge in [0.05, 0.1) is 12.4 Å². The van der Waals surface area contributed by atoms with Crippen molar-refractivity contribution in [2.45, 2.75) is 64.3 Å². The van der Waals surface area contributed by atoms with Gasteiger partial charge in [0.1, 0.15) is 11.8 Å². The molecule has 0 amide bonds. The van der Waals surface area contributed by atoms with E-state index in [0.29, 0.717) is 38.0 Å². The molecule has 1 atom stereocenters. The molecule has 1 N–H and O–H groups in total. The van der Waals surface area contributed by atoms with E-state index in [2.05, 4.69) is 9.97 Å². The Balaban J connectivity index is 1.59. The number of aliphatic carboxylic acids is 1. The lowest BCUT2D eigenvalue weighted by atomic mass is 10.1. The summed E-state index contributed by atoms with van der Waals surface area (Å²) in [6.07, 6.45) is 12.3. The molecule has 8 nitrogen and oxygen atoms in total. The van der Waals surface area contributed by atoms with Crippen LogP contribution in [0, 0.1) is 0 Å². The molecular formula is C30H39N3O5S. The fourth-order valence-electron chi connectivity index (χ4n) is 4.35. The van der Waals surface area contributed by atoms with Gasteiger partial charge in [-0.05, 0) is 98.0 Å². The van der Waals surface area contributed by atoms with E-state index in [-0.39, 0.29) is 18.7 Å². The van der Waals surface area contributed by atoms with Crippen LogP contribution >= 0.6 is 0 Å². The molecule has 0 fully saturated rings. The number of hydrogen-bond acceptors (Lipinski definition) is 6. The minimum Gasteiger partial charge on any atom is -0.494 e. The van der Waals surface area contributed by atoms with Crippen LogP contribution in [0.15, 0.2) is 73.3 Å². The lowest BCUT2D eigenvalue weighted by molar-refractivity contribution is -0.141. The third kappa shape index (κ3) is 10.4. The number of pyridine rings is 2. The van der Waals surface area contributed by atoms with Gasteiger partial charge in [0, 0.05) is 31.3 Å². The second kappa shape index (κ2) is 16.0. The van der Waals surface area contributed by atoms with Crippen molar-refractivity contribution in [3.63, 3.8) is 0 Å². The van der Waals surface area contributed by atoms with E-state index in [1.165, 1.54) is 9.87 Å². The highest BCUT2D eigenvalue weighted by molar-refractivity contribution is 7.89. The van der Waals surface area contributed by atoms with Gasteiger partial charge in [0.2, 0.25) is 10.0 Å². The number of carboxylic acids is 1. The van der Waals surface area contributed by atoms with Crippen LogP contribution in [0.2, 0.25) is 0 Å². The van der Waals surface area contributed by atoms with E-state index in [4.69, 9.17) is 4.74 Å². The van der Waals surface area contributed by atoms with E-state index in [0.717, 1.165) is 30.4 Å². The molecule has 3 rings (SSSR count). The molecule has 0 radical (unpaired) electrons. The topological polar surface area (TPSA) is 110 Å². The monoisotopic (exact) mass is 553 g/mol. The van der Waals surface area contributed by atoms with Crippen molar-refractivity contribution in [2.75, 3.05) is 18.9 Å². The lowest BCUT2D eigenvalue weighted by Gasteiger charge is -2.28. The number of aromatic nitrogens is 2. The minimum atomic E-state index is -3.74. The molecule has 0 aliphatic rings. The van der Waals surface area contributed by atoms with E-state index in [9.17, 15) is 18.3 Å². The van der Waals surface area contributed by atoms with Crippen LogP contribution in [-0.2, 0) is 34.1 Å². The zero-order chi connectivity index (χ0) is 27.9. The molecule has 0 saturated heterocycles. The van der Waals surface area contributed by atoms with Gasteiger partial charge in [-0.15, -0.1) is 0 Å². The van der Waals surface area contributed by atoms with Crippen LogP contribution in [0.5, 0.6) is 5.75 Å². The Labute approximate surface area is 232 Å². The SMILES string of the molecule is CCCCS(=O)(=O)N(CCCc1ccncc1)C(Cc1ccc(OCCCCc2ccncc2)cc1)C(=O)O. The number of hydrogen-bond donors (Lipinski definition) is 1. The molecule has 9 heteroatoms. The number of nitrogens with zero attached hydrogens (tertiary/aromatic N) is 3. The molecule has 39 heavy (non-hydrogen) atoms. The Morgan fingerprint density at radius 2 is 1.44 bits per heavy atom. The molecule has 3 aromatic rings. The summed E-state index contributed by atoms with van der Waals surface area (Å²) in [6, 6.07) is 13.9. The van der Waals surface area contributed by atoms with Gasteiger partial charge in [-0.2, -0.15) is 4.31 Å². The average Bonchev–Trinajstić information content (AvgIpc) is 2.95. The number of carboxylic acid groups (broad SMARTS) is 1.